The van der Waals surface area contributed by atoms with Crippen LogP contribution in [0.5, 0.6) is 0 Å². The first kappa shape index (κ1) is 25.4. The van der Waals surface area contributed by atoms with Gasteiger partial charge in [-0.2, -0.15) is 0 Å². The molecule has 168 valence electrons. The largest absolute Gasteiger partial charge is 0.366 e. The SMILES string of the molecule is CN=C(NCc1cccc(C(N)=O)c1)NCC1CCCN(C)C1c1cccc(Cl)c1.I. The quantitative estimate of drug-likeness (QED) is 0.288. The molecule has 0 aromatic heterocycles. The predicted molar refractivity (Wildman–Crippen MR) is 138 cm³/mol. The van der Waals surface area contributed by atoms with E-state index >= 15 is 0 Å². The van der Waals surface area contributed by atoms with Crippen LogP contribution in [0.4, 0.5) is 0 Å². The Morgan fingerprint density at radius 3 is 2.71 bits per heavy atom. The van der Waals surface area contributed by atoms with Gasteiger partial charge in [0.2, 0.25) is 5.91 Å². The Bertz CT molecular complexity index is 907. The Hall–Kier alpha value is -1.84. The van der Waals surface area contributed by atoms with Gasteiger partial charge >= 0.3 is 0 Å². The summed E-state index contributed by atoms with van der Waals surface area (Å²) in [4.78, 5) is 18.1. The maximum Gasteiger partial charge on any atom is 0.248 e. The topological polar surface area (TPSA) is 82.7 Å². The van der Waals surface area contributed by atoms with E-state index in [0.29, 0.717) is 24.1 Å². The second-order valence-electron chi connectivity index (χ2n) is 7.75. The van der Waals surface area contributed by atoms with Gasteiger partial charge in [-0.1, -0.05) is 35.9 Å². The van der Waals surface area contributed by atoms with Crippen molar-refractivity contribution in [3.63, 3.8) is 0 Å². The molecule has 4 N–H and O–H groups in total. The number of nitrogens with two attached hydrogens (primary N) is 1. The molecule has 1 saturated heterocycles. The molecule has 2 aromatic carbocycles. The van der Waals surface area contributed by atoms with Gasteiger partial charge in [-0.15, -0.1) is 24.0 Å². The predicted octanol–water partition coefficient (Wildman–Crippen LogP) is 3.81. The third-order valence-electron chi connectivity index (χ3n) is 5.62. The Morgan fingerprint density at radius 2 is 2.00 bits per heavy atom. The van der Waals surface area contributed by atoms with E-state index in [1.54, 1.807) is 19.2 Å². The molecule has 1 aliphatic heterocycles. The minimum atomic E-state index is -0.423. The molecule has 0 saturated carbocycles. The van der Waals surface area contributed by atoms with E-state index in [9.17, 15) is 4.79 Å². The fourth-order valence-corrected chi connectivity index (χ4v) is 4.36. The lowest BCUT2D eigenvalue weighted by Crippen LogP contribution is -2.44. The van der Waals surface area contributed by atoms with E-state index in [2.05, 4.69) is 39.7 Å². The fraction of sp³-hybridized carbons (Fsp3) is 0.391. The molecule has 31 heavy (non-hydrogen) atoms. The second-order valence-corrected chi connectivity index (χ2v) is 8.19. The minimum Gasteiger partial charge on any atom is -0.366 e. The van der Waals surface area contributed by atoms with Crippen LogP contribution in [0.25, 0.3) is 0 Å². The molecule has 1 fully saturated rings. The van der Waals surface area contributed by atoms with Crippen LogP contribution in [-0.4, -0.2) is 44.0 Å². The van der Waals surface area contributed by atoms with E-state index in [1.165, 1.54) is 12.0 Å². The Labute approximate surface area is 206 Å². The van der Waals surface area contributed by atoms with E-state index in [4.69, 9.17) is 17.3 Å². The van der Waals surface area contributed by atoms with Gasteiger partial charge in [0, 0.05) is 36.8 Å². The van der Waals surface area contributed by atoms with Crippen molar-refractivity contribution in [1.29, 1.82) is 0 Å². The number of guanidine groups is 1. The number of carbonyl (C=O) groups is 1. The number of halogens is 2. The number of benzene rings is 2. The monoisotopic (exact) mass is 555 g/mol. The van der Waals surface area contributed by atoms with Crippen molar-refractivity contribution >= 4 is 47.4 Å². The Kier molecular flexibility index (Phi) is 10.1. The molecule has 2 unspecified atom stereocenters. The van der Waals surface area contributed by atoms with Crippen molar-refractivity contribution in [2.24, 2.45) is 16.6 Å². The van der Waals surface area contributed by atoms with Gasteiger partial charge in [-0.05, 0) is 67.7 Å². The van der Waals surface area contributed by atoms with Gasteiger partial charge in [-0.25, -0.2) is 0 Å². The van der Waals surface area contributed by atoms with Crippen LogP contribution in [-0.2, 0) is 6.54 Å². The molecule has 1 amide bonds. The van der Waals surface area contributed by atoms with Crippen LogP contribution >= 0.6 is 35.6 Å². The van der Waals surface area contributed by atoms with Crippen molar-refractivity contribution in [3.8, 4) is 0 Å². The van der Waals surface area contributed by atoms with Gasteiger partial charge < -0.3 is 16.4 Å². The fourth-order valence-electron chi connectivity index (χ4n) is 4.16. The average molecular weight is 556 g/mol. The van der Waals surface area contributed by atoms with E-state index in [-0.39, 0.29) is 24.0 Å². The first-order valence-electron chi connectivity index (χ1n) is 10.3. The van der Waals surface area contributed by atoms with Crippen molar-refractivity contribution in [3.05, 3.63) is 70.2 Å². The number of primary amides is 1. The number of carbonyl (C=O) groups excluding carboxylic acids is 1. The number of nitrogens with zero attached hydrogens (tertiary/aromatic N) is 2. The highest BCUT2D eigenvalue weighted by atomic mass is 127. The number of likely N-dealkylation sites (tertiary alicyclic amines) is 1. The Balaban J connectivity index is 0.00000341. The van der Waals surface area contributed by atoms with E-state index < -0.39 is 5.91 Å². The smallest absolute Gasteiger partial charge is 0.248 e. The summed E-state index contributed by atoms with van der Waals surface area (Å²) in [6.07, 6.45) is 2.32. The molecule has 2 atom stereocenters. The summed E-state index contributed by atoms with van der Waals surface area (Å²) < 4.78 is 0. The number of rotatable bonds is 6. The highest BCUT2D eigenvalue weighted by Crippen LogP contribution is 2.35. The van der Waals surface area contributed by atoms with Crippen LogP contribution in [0.3, 0.4) is 0 Å². The summed E-state index contributed by atoms with van der Waals surface area (Å²) in [6, 6.07) is 15.8. The molecule has 2 aromatic rings. The van der Waals surface area contributed by atoms with Crippen molar-refractivity contribution in [1.82, 2.24) is 15.5 Å². The van der Waals surface area contributed by atoms with Gasteiger partial charge in [0.15, 0.2) is 5.96 Å². The van der Waals surface area contributed by atoms with Crippen molar-refractivity contribution in [2.45, 2.75) is 25.4 Å². The van der Waals surface area contributed by atoms with E-state index in [0.717, 1.165) is 36.1 Å². The highest BCUT2D eigenvalue weighted by molar-refractivity contribution is 14.0. The number of nitrogens with one attached hydrogen (secondary N) is 2. The molecule has 0 bridgehead atoms. The van der Waals surface area contributed by atoms with Gasteiger partial charge in [0.1, 0.15) is 0 Å². The average Bonchev–Trinajstić information content (AvgIpc) is 2.74. The normalized spacial score (nSPS) is 19.4. The lowest BCUT2D eigenvalue weighted by molar-refractivity contribution is 0.1000. The maximum absolute atomic E-state index is 11.4. The number of hydrogen-bond donors (Lipinski definition) is 3. The third-order valence-corrected chi connectivity index (χ3v) is 5.86. The molecule has 8 heteroatoms. The molecule has 1 heterocycles. The molecular weight excluding hydrogens is 525 g/mol. The molecule has 0 radical (unpaired) electrons. The summed E-state index contributed by atoms with van der Waals surface area (Å²) in [5, 5.41) is 7.56. The van der Waals surface area contributed by atoms with Crippen LogP contribution in [0.1, 0.15) is 40.4 Å². The molecular formula is C23H31ClIN5O. The third kappa shape index (κ3) is 7.08. The maximum atomic E-state index is 11.4. The number of piperidine rings is 1. The van der Waals surface area contributed by atoms with Gasteiger partial charge in [-0.3, -0.25) is 14.7 Å². The lowest BCUT2D eigenvalue weighted by atomic mass is 9.85. The zero-order valence-electron chi connectivity index (χ0n) is 18.0. The van der Waals surface area contributed by atoms with Crippen LogP contribution in [0.15, 0.2) is 53.5 Å². The van der Waals surface area contributed by atoms with Crippen LogP contribution < -0.4 is 16.4 Å². The standard InChI is InChI=1S/C23H30ClN5O.HI/c1-26-23(27-14-16-6-3-8-18(12-16)22(25)30)28-15-19-9-5-11-29(2)21(19)17-7-4-10-20(24)13-17;/h3-4,6-8,10,12-13,19,21H,5,9,11,14-15H2,1-2H3,(H2,25,30)(H2,26,27,28);1H. The summed E-state index contributed by atoms with van der Waals surface area (Å²) in [5.74, 6) is 0.754. The molecule has 0 spiro atoms. The summed E-state index contributed by atoms with van der Waals surface area (Å²) in [6.45, 7) is 2.45. The zero-order valence-corrected chi connectivity index (χ0v) is 21.1. The van der Waals surface area contributed by atoms with Crippen LogP contribution in [0.2, 0.25) is 5.02 Å². The molecule has 6 nitrogen and oxygen atoms in total. The summed E-state index contributed by atoms with van der Waals surface area (Å²) >= 11 is 6.25. The lowest BCUT2D eigenvalue weighted by Gasteiger charge is -2.40. The van der Waals surface area contributed by atoms with Gasteiger partial charge in [0.05, 0.1) is 0 Å². The number of amides is 1. The van der Waals surface area contributed by atoms with Crippen molar-refractivity contribution < 1.29 is 4.79 Å². The first-order chi connectivity index (χ1) is 14.5. The minimum absolute atomic E-state index is 0. The second kappa shape index (κ2) is 12.3. The zero-order chi connectivity index (χ0) is 21.5. The molecule has 0 aliphatic carbocycles. The van der Waals surface area contributed by atoms with Crippen LogP contribution in [0, 0.1) is 5.92 Å². The molecule has 1 aliphatic rings. The highest BCUT2D eigenvalue weighted by Gasteiger charge is 2.30. The van der Waals surface area contributed by atoms with Crippen molar-refractivity contribution in [2.75, 3.05) is 27.2 Å². The summed E-state index contributed by atoms with van der Waals surface area (Å²) in [5.41, 5.74) is 8.10. The Morgan fingerprint density at radius 1 is 1.23 bits per heavy atom. The summed E-state index contributed by atoms with van der Waals surface area (Å²) in [7, 11) is 3.94. The first-order valence-corrected chi connectivity index (χ1v) is 10.6. The molecule has 3 rings (SSSR count). The van der Waals surface area contributed by atoms with E-state index in [1.807, 2.05) is 24.3 Å². The number of aliphatic imine (C=N–C) groups is 1. The number of hydrogen-bond acceptors (Lipinski definition) is 3. The van der Waals surface area contributed by atoms with Gasteiger partial charge in [0.25, 0.3) is 0 Å².